The third-order valence-electron chi connectivity index (χ3n) is 2.71. The number of hydrogen-bond acceptors (Lipinski definition) is 3. The summed E-state index contributed by atoms with van der Waals surface area (Å²) in [4.78, 5) is 4.14. The summed E-state index contributed by atoms with van der Waals surface area (Å²) < 4.78 is 0. The maximum atomic E-state index is 7.65. The number of hydrogen-bond donors (Lipinski definition) is 2. The van der Waals surface area contributed by atoms with Gasteiger partial charge >= 0.3 is 0 Å². The molecule has 0 aliphatic heterocycles. The van der Waals surface area contributed by atoms with E-state index in [1.165, 1.54) is 5.56 Å². The van der Waals surface area contributed by atoms with Crippen molar-refractivity contribution in [2.45, 2.75) is 13.8 Å². The van der Waals surface area contributed by atoms with Crippen LogP contribution in [0.1, 0.15) is 18.1 Å². The lowest BCUT2D eigenvalue weighted by atomic mass is 10.0. The molecule has 0 saturated heterocycles. The standard InChI is InChI=1S/C14H15N3/c1-9-3-5-11(6-4-9)12-7-13(10(2)15)14(16)17-8-12/h3-8,15H,1-2H3,(H2,16,17). The zero-order chi connectivity index (χ0) is 12.4. The number of nitrogens with two attached hydrogens (primary N) is 1. The first-order valence-corrected chi connectivity index (χ1v) is 5.46. The summed E-state index contributed by atoms with van der Waals surface area (Å²) in [5.74, 6) is 0.411. The quantitative estimate of drug-likeness (QED) is 0.772. The van der Waals surface area contributed by atoms with Gasteiger partial charge in [-0.3, -0.25) is 0 Å². The Morgan fingerprint density at radius 3 is 2.41 bits per heavy atom. The molecule has 0 saturated carbocycles. The fraction of sp³-hybridized carbons (Fsp3) is 0.143. The molecule has 1 aromatic heterocycles. The fourth-order valence-electron chi connectivity index (χ4n) is 1.68. The highest BCUT2D eigenvalue weighted by atomic mass is 14.8. The van der Waals surface area contributed by atoms with Crippen LogP contribution >= 0.6 is 0 Å². The van der Waals surface area contributed by atoms with Gasteiger partial charge in [-0.1, -0.05) is 29.8 Å². The average Bonchev–Trinajstić information content (AvgIpc) is 2.30. The molecule has 1 aromatic carbocycles. The maximum absolute atomic E-state index is 7.65. The van der Waals surface area contributed by atoms with E-state index in [1.807, 2.05) is 18.2 Å². The van der Waals surface area contributed by atoms with E-state index in [-0.39, 0.29) is 0 Å². The van der Waals surface area contributed by atoms with Crippen LogP contribution in [0, 0.1) is 12.3 Å². The molecule has 3 heteroatoms. The summed E-state index contributed by atoms with van der Waals surface area (Å²) >= 11 is 0. The van der Waals surface area contributed by atoms with Crippen molar-refractivity contribution >= 4 is 11.5 Å². The van der Waals surface area contributed by atoms with Crippen molar-refractivity contribution in [3.63, 3.8) is 0 Å². The summed E-state index contributed by atoms with van der Waals surface area (Å²) in [6.07, 6.45) is 1.74. The number of nitrogens with one attached hydrogen (secondary N) is 1. The van der Waals surface area contributed by atoms with Gasteiger partial charge in [0.05, 0.1) is 0 Å². The number of nitrogen functional groups attached to an aromatic ring is 1. The van der Waals surface area contributed by atoms with Crippen molar-refractivity contribution in [3.05, 3.63) is 47.7 Å². The molecular formula is C14H15N3. The van der Waals surface area contributed by atoms with Gasteiger partial charge in [-0.25, -0.2) is 4.98 Å². The Balaban J connectivity index is 2.50. The Morgan fingerprint density at radius 1 is 1.18 bits per heavy atom. The van der Waals surface area contributed by atoms with Gasteiger partial charge in [0.1, 0.15) is 5.82 Å². The second-order valence-electron chi connectivity index (χ2n) is 4.15. The zero-order valence-electron chi connectivity index (χ0n) is 9.99. The minimum Gasteiger partial charge on any atom is -0.383 e. The van der Waals surface area contributed by atoms with E-state index in [0.717, 1.165) is 11.1 Å². The van der Waals surface area contributed by atoms with Crippen LogP contribution in [0.15, 0.2) is 36.5 Å². The molecule has 0 amide bonds. The van der Waals surface area contributed by atoms with E-state index < -0.39 is 0 Å². The van der Waals surface area contributed by atoms with Crippen LogP contribution in [-0.4, -0.2) is 10.7 Å². The van der Waals surface area contributed by atoms with E-state index >= 15 is 0 Å². The highest BCUT2D eigenvalue weighted by molar-refractivity contribution is 6.01. The molecule has 0 radical (unpaired) electrons. The Hall–Kier alpha value is -2.16. The van der Waals surface area contributed by atoms with Crippen LogP contribution < -0.4 is 5.73 Å². The molecule has 0 unspecified atom stereocenters. The minimum absolute atomic E-state index is 0.411. The van der Waals surface area contributed by atoms with Crippen LogP contribution in [0.2, 0.25) is 0 Å². The lowest BCUT2D eigenvalue weighted by molar-refractivity contribution is 1.31. The first kappa shape index (κ1) is 11.3. The van der Waals surface area contributed by atoms with Crippen molar-refractivity contribution in [1.29, 1.82) is 5.41 Å². The summed E-state index contributed by atoms with van der Waals surface area (Å²) in [5, 5.41) is 7.65. The van der Waals surface area contributed by atoms with Crippen LogP contribution in [0.3, 0.4) is 0 Å². The Bertz CT molecular complexity index is 556. The van der Waals surface area contributed by atoms with Gasteiger partial charge in [0, 0.05) is 23.0 Å². The fourth-order valence-corrected chi connectivity index (χ4v) is 1.68. The maximum Gasteiger partial charge on any atom is 0.132 e. The van der Waals surface area contributed by atoms with Crippen LogP contribution in [0.25, 0.3) is 11.1 Å². The van der Waals surface area contributed by atoms with E-state index in [1.54, 1.807) is 13.1 Å². The number of rotatable bonds is 2. The van der Waals surface area contributed by atoms with Crippen LogP contribution in [0.5, 0.6) is 0 Å². The van der Waals surface area contributed by atoms with Gasteiger partial charge in [0.2, 0.25) is 0 Å². The largest absolute Gasteiger partial charge is 0.383 e. The lowest BCUT2D eigenvalue weighted by Gasteiger charge is -2.07. The Morgan fingerprint density at radius 2 is 1.82 bits per heavy atom. The molecule has 0 atom stereocenters. The second-order valence-corrected chi connectivity index (χ2v) is 4.15. The minimum atomic E-state index is 0.411. The third-order valence-corrected chi connectivity index (χ3v) is 2.71. The molecule has 0 bridgehead atoms. The third kappa shape index (κ3) is 2.33. The van der Waals surface area contributed by atoms with E-state index in [4.69, 9.17) is 11.1 Å². The molecule has 3 nitrogen and oxygen atoms in total. The van der Waals surface area contributed by atoms with Crippen molar-refractivity contribution < 1.29 is 0 Å². The summed E-state index contributed by atoms with van der Waals surface area (Å²) in [5.41, 5.74) is 10.2. The summed E-state index contributed by atoms with van der Waals surface area (Å²) in [6.45, 7) is 3.77. The number of aryl methyl sites for hydroxylation is 1. The molecule has 17 heavy (non-hydrogen) atoms. The SMILES string of the molecule is CC(=N)c1cc(-c2ccc(C)cc2)cnc1N. The molecule has 3 N–H and O–H groups in total. The molecule has 0 aliphatic rings. The second kappa shape index (κ2) is 4.37. The van der Waals surface area contributed by atoms with Gasteiger partial charge in [-0.05, 0) is 25.5 Å². The molecule has 0 spiro atoms. The van der Waals surface area contributed by atoms with Gasteiger partial charge in [-0.2, -0.15) is 0 Å². The van der Waals surface area contributed by atoms with Gasteiger partial charge in [0.25, 0.3) is 0 Å². The van der Waals surface area contributed by atoms with E-state index in [2.05, 4.69) is 24.0 Å². The molecular weight excluding hydrogens is 210 g/mol. The molecule has 86 valence electrons. The van der Waals surface area contributed by atoms with Crippen LogP contribution in [0.4, 0.5) is 5.82 Å². The first-order chi connectivity index (χ1) is 8.08. The molecule has 2 rings (SSSR count). The summed E-state index contributed by atoms with van der Waals surface area (Å²) in [7, 11) is 0. The zero-order valence-corrected chi connectivity index (χ0v) is 9.99. The topological polar surface area (TPSA) is 62.8 Å². The Labute approximate surface area is 101 Å². The van der Waals surface area contributed by atoms with Crippen molar-refractivity contribution in [2.24, 2.45) is 0 Å². The van der Waals surface area contributed by atoms with Crippen molar-refractivity contribution in [3.8, 4) is 11.1 Å². The number of benzene rings is 1. The molecule has 2 aromatic rings. The number of nitrogens with zero attached hydrogens (tertiary/aromatic N) is 1. The van der Waals surface area contributed by atoms with Crippen molar-refractivity contribution in [2.75, 3.05) is 5.73 Å². The monoisotopic (exact) mass is 225 g/mol. The summed E-state index contributed by atoms with van der Waals surface area (Å²) in [6, 6.07) is 10.1. The predicted octanol–water partition coefficient (Wildman–Crippen LogP) is 3.03. The van der Waals surface area contributed by atoms with Gasteiger partial charge in [0.15, 0.2) is 0 Å². The van der Waals surface area contributed by atoms with E-state index in [0.29, 0.717) is 17.1 Å². The molecule has 0 aliphatic carbocycles. The Kier molecular flexibility index (Phi) is 2.91. The first-order valence-electron chi connectivity index (χ1n) is 5.46. The highest BCUT2D eigenvalue weighted by Gasteiger charge is 2.06. The normalized spacial score (nSPS) is 10.2. The lowest BCUT2D eigenvalue weighted by Crippen LogP contribution is -2.02. The number of pyridine rings is 1. The van der Waals surface area contributed by atoms with Crippen molar-refractivity contribution in [1.82, 2.24) is 4.98 Å². The molecule has 0 fully saturated rings. The number of anilines is 1. The smallest absolute Gasteiger partial charge is 0.132 e. The predicted molar refractivity (Wildman–Crippen MR) is 71.3 cm³/mol. The van der Waals surface area contributed by atoms with Gasteiger partial charge in [-0.15, -0.1) is 0 Å². The highest BCUT2D eigenvalue weighted by Crippen LogP contribution is 2.22. The molecule has 1 heterocycles. The average molecular weight is 225 g/mol. The van der Waals surface area contributed by atoms with E-state index in [9.17, 15) is 0 Å². The van der Waals surface area contributed by atoms with Gasteiger partial charge < -0.3 is 11.1 Å². The van der Waals surface area contributed by atoms with Crippen LogP contribution in [-0.2, 0) is 0 Å². The number of aromatic nitrogens is 1.